The Kier molecular flexibility index (Phi) is 7.93. The van der Waals surface area contributed by atoms with E-state index in [-0.39, 0.29) is 28.1 Å². The molecule has 0 unspecified atom stereocenters. The summed E-state index contributed by atoms with van der Waals surface area (Å²) >= 11 is 5.77. The third kappa shape index (κ3) is 5.82. The second-order valence-electron chi connectivity index (χ2n) is 7.72. The number of carbonyl (C=O) groups is 2. The van der Waals surface area contributed by atoms with E-state index in [2.05, 4.69) is 10.3 Å². The third-order valence-corrected chi connectivity index (χ3v) is 7.62. The number of esters is 1. The normalized spacial score (nSPS) is 17.8. The maximum Gasteiger partial charge on any atom is 0.338 e. The zero-order chi connectivity index (χ0) is 24.2. The van der Waals surface area contributed by atoms with Gasteiger partial charge in [-0.25, -0.2) is 18.2 Å². The number of carbonyl (C=O) groups excluding carboxylic acids is 2. The number of nitrogens with one attached hydrogen (secondary N) is 1. The van der Waals surface area contributed by atoms with Gasteiger partial charge in [-0.1, -0.05) is 18.0 Å². The lowest BCUT2D eigenvalue weighted by atomic mass is 10.1. The van der Waals surface area contributed by atoms with E-state index >= 15 is 0 Å². The maximum atomic E-state index is 13.3. The first kappa shape index (κ1) is 24.9. The second kappa shape index (κ2) is 10.5. The fourth-order valence-corrected chi connectivity index (χ4v) is 5.51. The smallest absolute Gasteiger partial charge is 0.338 e. The molecule has 0 saturated carbocycles. The second-order valence-corrected chi connectivity index (χ2v) is 10.0. The van der Waals surface area contributed by atoms with E-state index in [4.69, 9.17) is 21.1 Å². The minimum absolute atomic E-state index is 0.0108. The molecule has 33 heavy (non-hydrogen) atoms. The van der Waals surface area contributed by atoms with E-state index < -0.39 is 28.0 Å². The highest BCUT2D eigenvalue weighted by Gasteiger charge is 2.34. The van der Waals surface area contributed by atoms with Gasteiger partial charge in [0.25, 0.3) is 5.91 Å². The Morgan fingerprint density at radius 2 is 2.00 bits per heavy atom. The predicted molar refractivity (Wildman–Crippen MR) is 123 cm³/mol. The van der Waals surface area contributed by atoms with Crippen LogP contribution in [0.1, 0.15) is 43.5 Å². The summed E-state index contributed by atoms with van der Waals surface area (Å²) in [5.41, 5.74) is -0.0108. The molecule has 0 aliphatic carbocycles. The van der Waals surface area contributed by atoms with Crippen LogP contribution in [0, 0.1) is 0 Å². The maximum absolute atomic E-state index is 13.3. The van der Waals surface area contributed by atoms with Crippen molar-refractivity contribution in [1.82, 2.24) is 9.29 Å². The van der Waals surface area contributed by atoms with Gasteiger partial charge < -0.3 is 14.8 Å². The van der Waals surface area contributed by atoms with Crippen LogP contribution >= 0.6 is 11.6 Å². The Bertz CT molecular complexity index is 1120. The molecule has 1 aliphatic heterocycles. The van der Waals surface area contributed by atoms with Crippen molar-refractivity contribution in [2.45, 2.75) is 50.2 Å². The van der Waals surface area contributed by atoms with E-state index in [1.54, 1.807) is 6.07 Å². The lowest BCUT2D eigenvalue weighted by molar-refractivity contribution is -0.123. The van der Waals surface area contributed by atoms with Gasteiger partial charge in [-0.05, 0) is 57.0 Å². The first-order valence-electron chi connectivity index (χ1n) is 10.5. The van der Waals surface area contributed by atoms with Crippen LogP contribution in [0.3, 0.4) is 0 Å². The molecule has 1 N–H and O–H groups in total. The minimum Gasteiger partial charge on any atom is -0.495 e. The highest BCUT2D eigenvalue weighted by atomic mass is 35.5. The number of methoxy groups -OCH3 is 1. The van der Waals surface area contributed by atoms with E-state index in [9.17, 15) is 18.0 Å². The number of hydrogen-bond donors (Lipinski definition) is 1. The summed E-state index contributed by atoms with van der Waals surface area (Å²) in [6.45, 7) is 3.66. The molecule has 3 rings (SSSR count). The molecule has 0 spiro atoms. The average Bonchev–Trinajstić information content (AvgIpc) is 2.80. The van der Waals surface area contributed by atoms with Crippen LogP contribution in [-0.4, -0.2) is 55.4 Å². The fourth-order valence-electron chi connectivity index (χ4n) is 3.52. The molecule has 1 aromatic heterocycles. The van der Waals surface area contributed by atoms with E-state index in [0.717, 1.165) is 19.3 Å². The van der Waals surface area contributed by atoms with Crippen LogP contribution in [0.2, 0.25) is 5.02 Å². The van der Waals surface area contributed by atoms with Crippen LogP contribution in [-0.2, 0) is 19.6 Å². The molecule has 1 fully saturated rings. The van der Waals surface area contributed by atoms with Gasteiger partial charge in [-0.3, -0.25) is 4.79 Å². The van der Waals surface area contributed by atoms with Crippen LogP contribution < -0.4 is 10.1 Å². The quantitative estimate of drug-likeness (QED) is 0.584. The predicted octanol–water partition coefficient (Wildman–Crippen LogP) is 3.49. The Morgan fingerprint density at radius 3 is 2.64 bits per heavy atom. The summed E-state index contributed by atoms with van der Waals surface area (Å²) in [6, 6.07) is 6.93. The number of hydrogen-bond acceptors (Lipinski definition) is 7. The van der Waals surface area contributed by atoms with Crippen molar-refractivity contribution >= 4 is 39.3 Å². The number of nitrogens with zero attached hydrogens (tertiary/aromatic N) is 2. The fraction of sp³-hybridized carbons (Fsp3) is 0.409. The highest BCUT2D eigenvalue weighted by molar-refractivity contribution is 7.89. The molecule has 1 aliphatic rings. The number of aromatic nitrogens is 1. The number of halogens is 1. The Balaban J connectivity index is 1.78. The molecular formula is C22H26ClN3O6S. The summed E-state index contributed by atoms with van der Waals surface area (Å²) in [5, 5.41) is 2.93. The van der Waals surface area contributed by atoms with Crippen LogP contribution in [0.15, 0.2) is 41.4 Å². The van der Waals surface area contributed by atoms with Gasteiger partial charge in [0.2, 0.25) is 10.0 Å². The zero-order valence-corrected chi connectivity index (χ0v) is 20.1. The minimum atomic E-state index is -3.90. The third-order valence-electron chi connectivity index (χ3n) is 5.36. The molecule has 0 bridgehead atoms. The van der Waals surface area contributed by atoms with Crippen molar-refractivity contribution in [3.8, 4) is 5.75 Å². The molecule has 9 nitrogen and oxygen atoms in total. The number of pyridine rings is 1. The molecule has 1 amide bonds. The number of piperidine rings is 1. The molecule has 1 aromatic carbocycles. The lowest BCUT2D eigenvalue weighted by Gasteiger charge is -2.32. The van der Waals surface area contributed by atoms with E-state index in [0.29, 0.717) is 11.6 Å². The van der Waals surface area contributed by atoms with E-state index in [1.807, 2.05) is 6.92 Å². The van der Waals surface area contributed by atoms with Gasteiger partial charge in [0.1, 0.15) is 16.5 Å². The van der Waals surface area contributed by atoms with Crippen molar-refractivity contribution < 1.29 is 27.5 Å². The van der Waals surface area contributed by atoms with Gasteiger partial charge in [-0.15, -0.1) is 0 Å². The number of rotatable bonds is 7. The molecule has 2 atom stereocenters. The lowest BCUT2D eigenvalue weighted by Crippen LogP contribution is -2.42. The number of ether oxygens (including phenoxy) is 2. The number of anilines is 1. The zero-order valence-electron chi connectivity index (χ0n) is 18.6. The summed E-state index contributed by atoms with van der Waals surface area (Å²) in [6.07, 6.45) is 2.71. The van der Waals surface area contributed by atoms with Crippen LogP contribution in [0.25, 0.3) is 0 Å². The molecule has 2 aromatic rings. The van der Waals surface area contributed by atoms with Crippen molar-refractivity contribution in [3.63, 3.8) is 0 Å². The Hall–Kier alpha value is -2.69. The summed E-state index contributed by atoms with van der Waals surface area (Å²) in [7, 11) is -2.53. The SMILES string of the molecule is COc1ccc(C(=O)O[C@H](C)C(=O)Nc2ccc(Cl)cn2)cc1S(=O)(=O)N1CCCC[C@H]1C. The number of sulfonamides is 1. The van der Waals surface area contributed by atoms with Gasteiger partial charge in [-0.2, -0.15) is 4.31 Å². The largest absolute Gasteiger partial charge is 0.495 e. The van der Waals surface area contributed by atoms with Gasteiger partial charge >= 0.3 is 5.97 Å². The molecule has 1 saturated heterocycles. The first-order chi connectivity index (χ1) is 15.6. The summed E-state index contributed by atoms with van der Waals surface area (Å²) in [5.74, 6) is -1.06. The summed E-state index contributed by atoms with van der Waals surface area (Å²) in [4.78, 5) is 28.9. The topological polar surface area (TPSA) is 115 Å². The van der Waals surface area contributed by atoms with Gasteiger partial charge in [0.05, 0.1) is 17.7 Å². The molecular weight excluding hydrogens is 470 g/mol. The van der Waals surface area contributed by atoms with Crippen molar-refractivity contribution in [3.05, 3.63) is 47.1 Å². The summed E-state index contributed by atoms with van der Waals surface area (Å²) < 4.78 is 38.6. The molecule has 0 radical (unpaired) electrons. The Labute approximate surface area is 198 Å². The highest BCUT2D eigenvalue weighted by Crippen LogP contribution is 2.32. The van der Waals surface area contributed by atoms with Gasteiger partial charge in [0.15, 0.2) is 6.10 Å². The molecule has 178 valence electrons. The number of benzene rings is 1. The first-order valence-corrected chi connectivity index (χ1v) is 12.3. The molecule has 11 heteroatoms. The van der Waals surface area contributed by atoms with Crippen molar-refractivity contribution in [2.75, 3.05) is 19.0 Å². The Morgan fingerprint density at radius 1 is 1.24 bits per heavy atom. The average molecular weight is 496 g/mol. The molecule has 2 heterocycles. The van der Waals surface area contributed by atoms with Crippen LogP contribution in [0.4, 0.5) is 5.82 Å². The van der Waals surface area contributed by atoms with Crippen molar-refractivity contribution in [1.29, 1.82) is 0 Å². The van der Waals surface area contributed by atoms with Crippen LogP contribution in [0.5, 0.6) is 5.75 Å². The monoisotopic (exact) mass is 495 g/mol. The van der Waals surface area contributed by atoms with Gasteiger partial charge in [0, 0.05) is 18.8 Å². The van der Waals surface area contributed by atoms with Crippen molar-refractivity contribution in [2.24, 2.45) is 0 Å². The standard InChI is InChI=1S/C22H26ClN3O6S/c1-14-6-4-5-11-26(14)33(29,30)19-12-16(7-9-18(19)31-3)22(28)32-15(2)21(27)25-20-10-8-17(23)13-24-20/h7-10,12-15H,4-6,11H2,1-3H3,(H,24,25,27)/t14-,15-/m1/s1. The van der Waals surface area contributed by atoms with E-state index in [1.165, 1.54) is 48.8 Å². The number of amides is 1.